The predicted molar refractivity (Wildman–Crippen MR) is 121 cm³/mol. The summed E-state index contributed by atoms with van der Waals surface area (Å²) in [7, 11) is 0. The van der Waals surface area contributed by atoms with Crippen LogP contribution in [0.2, 0.25) is 5.02 Å². The van der Waals surface area contributed by atoms with Gasteiger partial charge in [-0.15, -0.1) is 0 Å². The summed E-state index contributed by atoms with van der Waals surface area (Å²) in [5.41, 5.74) is 3.05. The van der Waals surface area contributed by atoms with Crippen molar-refractivity contribution in [1.82, 2.24) is 10.2 Å². The van der Waals surface area contributed by atoms with Crippen LogP contribution >= 0.6 is 11.6 Å². The Morgan fingerprint density at radius 2 is 1.83 bits per heavy atom. The number of ether oxygens (including phenoxy) is 1. The Hall–Kier alpha value is -2.53. The molecule has 1 unspecified atom stereocenters. The quantitative estimate of drug-likeness (QED) is 0.595. The smallest absolute Gasteiger partial charge is 0.261 e. The minimum Gasteiger partial charge on any atom is -0.484 e. The number of nitrogens with one attached hydrogen (secondary N) is 1. The number of halogens is 1. The first-order chi connectivity index (χ1) is 14.4. The average molecular weight is 431 g/mol. The normalized spacial score (nSPS) is 11.6. The van der Waals surface area contributed by atoms with Crippen molar-refractivity contribution in [1.29, 1.82) is 0 Å². The van der Waals surface area contributed by atoms with Gasteiger partial charge in [-0.3, -0.25) is 9.59 Å². The van der Waals surface area contributed by atoms with Gasteiger partial charge in [-0.2, -0.15) is 0 Å². The molecule has 0 saturated heterocycles. The summed E-state index contributed by atoms with van der Waals surface area (Å²) in [4.78, 5) is 27.4. The molecule has 30 heavy (non-hydrogen) atoms. The lowest BCUT2D eigenvalue weighted by molar-refractivity contribution is -0.143. The van der Waals surface area contributed by atoms with Gasteiger partial charge in [0.2, 0.25) is 5.91 Å². The van der Waals surface area contributed by atoms with E-state index in [1.54, 1.807) is 11.0 Å². The Morgan fingerprint density at radius 1 is 1.10 bits per heavy atom. The number of benzene rings is 2. The molecule has 1 N–H and O–H groups in total. The van der Waals surface area contributed by atoms with E-state index in [0.717, 1.165) is 23.1 Å². The minimum atomic E-state index is -0.594. The van der Waals surface area contributed by atoms with Crippen LogP contribution in [0.4, 0.5) is 0 Å². The van der Waals surface area contributed by atoms with Gasteiger partial charge in [0.1, 0.15) is 11.8 Å². The molecule has 0 aromatic heterocycles. The van der Waals surface area contributed by atoms with Crippen LogP contribution in [-0.4, -0.2) is 35.9 Å². The molecule has 0 radical (unpaired) electrons. The van der Waals surface area contributed by atoms with Crippen LogP contribution < -0.4 is 10.1 Å². The summed E-state index contributed by atoms with van der Waals surface area (Å²) in [6, 6.07) is 12.5. The molecule has 0 aliphatic rings. The van der Waals surface area contributed by atoms with Crippen molar-refractivity contribution in [3.05, 3.63) is 64.2 Å². The Morgan fingerprint density at radius 3 is 2.47 bits per heavy atom. The van der Waals surface area contributed by atoms with Crippen molar-refractivity contribution < 1.29 is 14.3 Å². The van der Waals surface area contributed by atoms with E-state index in [9.17, 15) is 9.59 Å². The number of hydrogen-bond donors (Lipinski definition) is 1. The molecule has 0 spiro atoms. The Labute approximate surface area is 184 Å². The van der Waals surface area contributed by atoms with Crippen molar-refractivity contribution in [2.75, 3.05) is 13.2 Å². The second-order valence-electron chi connectivity index (χ2n) is 7.36. The lowest BCUT2D eigenvalue weighted by Gasteiger charge is -2.30. The Bertz CT molecular complexity index is 869. The molecule has 5 nitrogen and oxygen atoms in total. The molecular formula is C24H31ClN2O3. The zero-order valence-electron chi connectivity index (χ0n) is 18.2. The summed E-state index contributed by atoms with van der Waals surface area (Å²) in [5.74, 6) is 0.213. The molecule has 0 heterocycles. The lowest BCUT2D eigenvalue weighted by Crippen LogP contribution is -2.50. The van der Waals surface area contributed by atoms with Gasteiger partial charge < -0.3 is 15.0 Å². The van der Waals surface area contributed by atoms with E-state index in [1.807, 2.05) is 64.1 Å². The second-order valence-corrected chi connectivity index (χ2v) is 7.77. The van der Waals surface area contributed by atoms with E-state index >= 15 is 0 Å². The number of hydrogen-bond acceptors (Lipinski definition) is 3. The van der Waals surface area contributed by atoms with Gasteiger partial charge in [0.15, 0.2) is 6.61 Å². The maximum Gasteiger partial charge on any atom is 0.261 e. The zero-order chi connectivity index (χ0) is 22.1. The summed E-state index contributed by atoms with van der Waals surface area (Å²) < 4.78 is 5.75. The third-order valence-electron chi connectivity index (χ3n) is 5.07. The van der Waals surface area contributed by atoms with E-state index in [1.165, 1.54) is 0 Å². The number of aryl methyl sites for hydroxylation is 2. The topological polar surface area (TPSA) is 58.6 Å². The Balaban J connectivity index is 2.21. The molecule has 162 valence electrons. The maximum atomic E-state index is 13.1. The van der Waals surface area contributed by atoms with Crippen LogP contribution in [-0.2, 0) is 16.1 Å². The molecule has 0 saturated carbocycles. The Kier molecular flexibility index (Phi) is 9.18. The molecule has 0 aliphatic heterocycles. The SMILES string of the molecule is CCCNC(=O)C(CC)N(Cc1ccccc1Cl)C(=O)COc1ccc(C)c(C)c1. The molecule has 0 fully saturated rings. The molecule has 2 aromatic rings. The fourth-order valence-corrected chi connectivity index (χ4v) is 3.32. The highest BCUT2D eigenvalue weighted by Gasteiger charge is 2.29. The summed E-state index contributed by atoms with van der Waals surface area (Å²) in [6.07, 6.45) is 1.33. The monoisotopic (exact) mass is 430 g/mol. The van der Waals surface area contributed by atoms with E-state index in [4.69, 9.17) is 16.3 Å². The first-order valence-corrected chi connectivity index (χ1v) is 10.8. The standard InChI is InChI=1S/C24H31ClN2O3/c1-5-13-26-24(29)22(6-2)27(15-19-9-7-8-10-21(19)25)23(28)16-30-20-12-11-17(3)18(4)14-20/h7-12,14,22H,5-6,13,15-16H2,1-4H3,(H,26,29). The average Bonchev–Trinajstić information content (AvgIpc) is 2.74. The fourth-order valence-electron chi connectivity index (χ4n) is 3.13. The number of carbonyl (C=O) groups excluding carboxylic acids is 2. The third kappa shape index (κ3) is 6.49. The van der Waals surface area contributed by atoms with E-state index < -0.39 is 6.04 Å². The van der Waals surface area contributed by atoms with Gasteiger partial charge in [0, 0.05) is 18.1 Å². The summed E-state index contributed by atoms with van der Waals surface area (Å²) in [5, 5.41) is 3.46. The van der Waals surface area contributed by atoms with Crippen LogP contribution in [0.1, 0.15) is 43.4 Å². The molecule has 2 aromatic carbocycles. The van der Waals surface area contributed by atoms with Gasteiger partial charge in [0.25, 0.3) is 5.91 Å². The first-order valence-electron chi connectivity index (χ1n) is 10.4. The van der Waals surface area contributed by atoms with E-state index in [2.05, 4.69) is 5.32 Å². The predicted octanol–water partition coefficient (Wildman–Crippen LogP) is 4.67. The van der Waals surface area contributed by atoms with Crippen LogP contribution in [0, 0.1) is 13.8 Å². The van der Waals surface area contributed by atoms with Crippen molar-refractivity contribution in [3.63, 3.8) is 0 Å². The number of amides is 2. The highest BCUT2D eigenvalue weighted by molar-refractivity contribution is 6.31. The van der Waals surface area contributed by atoms with Crippen molar-refractivity contribution >= 4 is 23.4 Å². The molecule has 0 aliphatic carbocycles. The van der Waals surface area contributed by atoms with Crippen LogP contribution in [0.25, 0.3) is 0 Å². The highest BCUT2D eigenvalue weighted by atomic mass is 35.5. The highest BCUT2D eigenvalue weighted by Crippen LogP contribution is 2.21. The van der Waals surface area contributed by atoms with Crippen molar-refractivity contribution in [2.24, 2.45) is 0 Å². The number of nitrogens with zero attached hydrogens (tertiary/aromatic N) is 1. The van der Waals surface area contributed by atoms with Gasteiger partial charge in [-0.05, 0) is 61.6 Å². The third-order valence-corrected chi connectivity index (χ3v) is 5.44. The number of carbonyl (C=O) groups is 2. The van der Waals surface area contributed by atoms with Crippen LogP contribution in [0.15, 0.2) is 42.5 Å². The minimum absolute atomic E-state index is 0.148. The van der Waals surface area contributed by atoms with Crippen molar-refractivity contribution in [3.8, 4) is 5.75 Å². The molecule has 1 atom stereocenters. The molecule has 2 amide bonds. The first kappa shape index (κ1) is 23.7. The van der Waals surface area contributed by atoms with Gasteiger partial charge >= 0.3 is 0 Å². The van der Waals surface area contributed by atoms with Crippen molar-refractivity contribution in [2.45, 2.75) is 53.1 Å². The molecule has 6 heteroatoms. The lowest BCUT2D eigenvalue weighted by atomic mass is 10.1. The molecule has 0 bridgehead atoms. The maximum absolute atomic E-state index is 13.1. The number of rotatable bonds is 10. The van der Waals surface area contributed by atoms with E-state index in [0.29, 0.717) is 23.7 Å². The second kappa shape index (κ2) is 11.6. The van der Waals surface area contributed by atoms with Crippen LogP contribution in [0.3, 0.4) is 0 Å². The van der Waals surface area contributed by atoms with Gasteiger partial charge in [0.05, 0.1) is 0 Å². The molecule has 2 rings (SSSR count). The largest absolute Gasteiger partial charge is 0.484 e. The van der Waals surface area contributed by atoms with Gasteiger partial charge in [-0.25, -0.2) is 0 Å². The summed E-state index contributed by atoms with van der Waals surface area (Å²) in [6.45, 7) is 8.58. The zero-order valence-corrected chi connectivity index (χ0v) is 19.0. The van der Waals surface area contributed by atoms with Gasteiger partial charge in [-0.1, -0.05) is 49.7 Å². The summed E-state index contributed by atoms with van der Waals surface area (Å²) >= 11 is 6.32. The fraction of sp³-hybridized carbons (Fsp3) is 0.417. The molecular weight excluding hydrogens is 400 g/mol. The van der Waals surface area contributed by atoms with Crippen LogP contribution in [0.5, 0.6) is 5.75 Å². The van der Waals surface area contributed by atoms with E-state index in [-0.39, 0.29) is 25.0 Å².